The van der Waals surface area contributed by atoms with Crippen LogP contribution < -0.4 is 16.4 Å². The molecule has 1 rings (SSSR count). The molecule has 0 aromatic heterocycles. The first kappa shape index (κ1) is 12.7. The lowest BCUT2D eigenvalue weighted by molar-refractivity contribution is -0.142. The maximum atomic E-state index is 11.3. The summed E-state index contributed by atoms with van der Waals surface area (Å²) < 4.78 is 5.01. The van der Waals surface area contributed by atoms with Gasteiger partial charge in [-0.1, -0.05) is 0 Å². The average Bonchev–Trinajstić information content (AvgIpc) is 2.66. The number of hydrogen-bond acceptors (Lipinski definition) is 4. The highest BCUT2D eigenvalue weighted by Crippen LogP contribution is 2.13. The van der Waals surface area contributed by atoms with Gasteiger partial charge in [-0.3, -0.25) is 4.79 Å². The van der Waals surface area contributed by atoms with Gasteiger partial charge in [-0.15, -0.1) is 0 Å². The van der Waals surface area contributed by atoms with Crippen molar-refractivity contribution in [3.05, 3.63) is 0 Å². The SMILES string of the molecule is NCCCNC(=O)NC1COCC1C(=O)O. The second kappa shape index (κ2) is 6.29. The van der Waals surface area contributed by atoms with Crippen LogP contribution in [-0.2, 0) is 9.53 Å². The Morgan fingerprint density at radius 2 is 2.19 bits per heavy atom. The standard InChI is InChI=1S/C9H17N3O4/c10-2-1-3-11-9(15)12-7-5-16-4-6(7)8(13)14/h6-7H,1-5,10H2,(H,13,14)(H2,11,12,15). The van der Waals surface area contributed by atoms with Gasteiger partial charge in [0.25, 0.3) is 0 Å². The van der Waals surface area contributed by atoms with Gasteiger partial charge in [0.2, 0.25) is 0 Å². The van der Waals surface area contributed by atoms with Crippen molar-refractivity contribution in [3.63, 3.8) is 0 Å². The second-order valence-corrected chi connectivity index (χ2v) is 3.63. The summed E-state index contributed by atoms with van der Waals surface area (Å²) in [4.78, 5) is 22.1. The molecule has 0 saturated carbocycles. The molecule has 5 N–H and O–H groups in total. The third-order valence-electron chi connectivity index (χ3n) is 2.38. The van der Waals surface area contributed by atoms with Crippen molar-refractivity contribution < 1.29 is 19.4 Å². The molecule has 1 heterocycles. The average molecular weight is 231 g/mol. The van der Waals surface area contributed by atoms with E-state index in [1.54, 1.807) is 0 Å². The van der Waals surface area contributed by atoms with Gasteiger partial charge in [-0.25, -0.2) is 4.79 Å². The van der Waals surface area contributed by atoms with E-state index in [0.29, 0.717) is 19.5 Å². The number of rotatable bonds is 5. The summed E-state index contributed by atoms with van der Waals surface area (Å²) in [5.41, 5.74) is 5.27. The van der Waals surface area contributed by atoms with E-state index in [4.69, 9.17) is 15.6 Å². The lowest BCUT2D eigenvalue weighted by atomic mass is 10.0. The number of hydrogen-bond donors (Lipinski definition) is 4. The van der Waals surface area contributed by atoms with E-state index < -0.39 is 17.9 Å². The summed E-state index contributed by atoms with van der Waals surface area (Å²) in [5.74, 6) is -1.62. The molecule has 0 radical (unpaired) electrons. The van der Waals surface area contributed by atoms with Crippen molar-refractivity contribution in [1.82, 2.24) is 10.6 Å². The van der Waals surface area contributed by atoms with Crippen molar-refractivity contribution >= 4 is 12.0 Å². The van der Waals surface area contributed by atoms with E-state index in [1.807, 2.05) is 0 Å². The first-order valence-corrected chi connectivity index (χ1v) is 5.20. The second-order valence-electron chi connectivity index (χ2n) is 3.63. The first-order chi connectivity index (χ1) is 7.65. The molecule has 0 aliphatic carbocycles. The number of nitrogens with two attached hydrogens (primary N) is 1. The van der Waals surface area contributed by atoms with Crippen LogP contribution >= 0.6 is 0 Å². The molecule has 0 aromatic rings. The molecule has 0 aromatic carbocycles. The van der Waals surface area contributed by atoms with Crippen molar-refractivity contribution in [3.8, 4) is 0 Å². The molecule has 2 atom stereocenters. The molecule has 7 heteroatoms. The third kappa shape index (κ3) is 3.67. The largest absolute Gasteiger partial charge is 0.481 e. The number of ether oxygens (including phenoxy) is 1. The van der Waals surface area contributed by atoms with Gasteiger partial charge in [-0.2, -0.15) is 0 Å². The number of aliphatic carboxylic acids is 1. The monoisotopic (exact) mass is 231 g/mol. The van der Waals surface area contributed by atoms with Crippen molar-refractivity contribution in [1.29, 1.82) is 0 Å². The highest BCUT2D eigenvalue weighted by molar-refractivity contribution is 5.77. The van der Waals surface area contributed by atoms with E-state index in [9.17, 15) is 9.59 Å². The Labute approximate surface area is 93.3 Å². The molecule has 2 unspecified atom stereocenters. The molecular weight excluding hydrogens is 214 g/mol. The zero-order valence-electron chi connectivity index (χ0n) is 8.94. The Balaban J connectivity index is 2.30. The van der Waals surface area contributed by atoms with Gasteiger partial charge in [0.05, 0.1) is 19.3 Å². The van der Waals surface area contributed by atoms with E-state index in [1.165, 1.54) is 0 Å². The number of carboxylic acid groups (broad SMARTS) is 1. The van der Waals surface area contributed by atoms with E-state index >= 15 is 0 Å². The predicted octanol–water partition coefficient (Wildman–Crippen LogP) is -1.27. The van der Waals surface area contributed by atoms with Crippen molar-refractivity contribution in [2.45, 2.75) is 12.5 Å². The molecule has 0 bridgehead atoms. The van der Waals surface area contributed by atoms with Crippen LogP contribution in [0.25, 0.3) is 0 Å². The summed E-state index contributed by atoms with van der Waals surface area (Å²) in [6.07, 6.45) is 0.691. The van der Waals surface area contributed by atoms with Crippen LogP contribution in [0.5, 0.6) is 0 Å². The number of amides is 2. The van der Waals surface area contributed by atoms with Crippen LogP contribution in [0.3, 0.4) is 0 Å². The van der Waals surface area contributed by atoms with Gasteiger partial charge in [-0.05, 0) is 13.0 Å². The third-order valence-corrected chi connectivity index (χ3v) is 2.38. The summed E-state index contributed by atoms with van der Waals surface area (Å²) in [7, 11) is 0. The predicted molar refractivity (Wildman–Crippen MR) is 55.9 cm³/mol. The highest BCUT2D eigenvalue weighted by Gasteiger charge is 2.34. The molecule has 92 valence electrons. The van der Waals surface area contributed by atoms with Crippen molar-refractivity contribution in [2.75, 3.05) is 26.3 Å². The number of urea groups is 1. The lowest BCUT2D eigenvalue weighted by Crippen LogP contribution is -2.47. The molecule has 0 spiro atoms. The molecule has 1 saturated heterocycles. The fourth-order valence-electron chi connectivity index (χ4n) is 1.46. The topological polar surface area (TPSA) is 114 Å². The molecular formula is C9H17N3O4. The van der Waals surface area contributed by atoms with Crippen LogP contribution in [0, 0.1) is 5.92 Å². The van der Waals surface area contributed by atoms with Crippen LogP contribution in [0.1, 0.15) is 6.42 Å². The Morgan fingerprint density at radius 3 is 2.81 bits per heavy atom. The summed E-state index contributed by atoms with van der Waals surface area (Å²) in [6, 6.07) is -0.842. The Morgan fingerprint density at radius 1 is 1.44 bits per heavy atom. The molecule has 2 amide bonds. The van der Waals surface area contributed by atoms with Gasteiger partial charge in [0.1, 0.15) is 5.92 Å². The minimum absolute atomic E-state index is 0.142. The fraction of sp³-hybridized carbons (Fsp3) is 0.778. The smallest absolute Gasteiger partial charge is 0.315 e. The van der Waals surface area contributed by atoms with Crippen LogP contribution in [0.4, 0.5) is 4.79 Å². The van der Waals surface area contributed by atoms with E-state index in [-0.39, 0.29) is 19.2 Å². The number of carboxylic acids is 1. The Kier molecular flexibility index (Phi) is 5.00. The maximum Gasteiger partial charge on any atom is 0.315 e. The minimum atomic E-state index is -0.954. The molecule has 7 nitrogen and oxygen atoms in total. The summed E-state index contributed by atoms with van der Waals surface area (Å²) in [5, 5.41) is 14.0. The Bertz CT molecular complexity index is 259. The normalized spacial score (nSPS) is 24.1. The zero-order valence-corrected chi connectivity index (χ0v) is 8.94. The number of nitrogens with one attached hydrogen (secondary N) is 2. The van der Waals surface area contributed by atoms with Gasteiger partial charge in [0, 0.05) is 6.54 Å². The molecule has 16 heavy (non-hydrogen) atoms. The van der Waals surface area contributed by atoms with E-state index in [2.05, 4.69) is 10.6 Å². The Hall–Kier alpha value is -1.34. The first-order valence-electron chi connectivity index (χ1n) is 5.20. The van der Waals surface area contributed by atoms with E-state index in [0.717, 1.165) is 0 Å². The minimum Gasteiger partial charge on any atom is -0.481 e. The summed E-state index contributed by atoms with van der Waals surface area (Å²) in [6.45, 7) is 1.36. The van der Waals surface area contributed by atoms with Gasteiger partial charge >= 0.3 is 12.0 Å². The molecule has 1 fully saturated rings. The highest BCUT2D eigenvalue weighted by atomic mass is 16.5. The van der Waals surface area contributed by atoms with Crippen LogP contribution in [0.2, 0.25) is 0 Å². The van der Waals surface area contributed by atoms with Crippen LogP contribution in [-0.4, -0.2) is 49.5 Å². The zero-order chi connectivity index (χ0) is 12.0. The molecule has 1 aliphatic rings. The number of carbonyl (C=O) groups excluding carboxylic acids is 1. The quantitative estimate of drug-likeness (QED) is 0.441. The van der Waals surface area contributed by atoms with Gasteiger partial charge < -0.3 is 26.2 Å². The van der Waals surface area contributed by atoms with Gasteiger partial charge in [0.15, 0.2) is 0 Å². The lowest BCUT2D eigenvalue weighted by Gasteiger charge is -2.15. The number of carbonyl (C=O) groups is 2. The van der Waals surface area contributed by atoms with Crippen LogP contribution in [0.15, 0.2) is 0 Å². The summed E-state index contributed by atoms with van der Waals surface area (Å²) >= 11 is 0. The molecule has 1 aliphatic heterocycles. The maximum absolute atomic E-state index is 11.3. The van der Waals surface area contributed by atoms with Crippen molar-refractivity contribution in [2.24, 2.45) is 11.7 Å². The fourth-order valence-corrected chi connectivity index (χ4v) is 1.46.